The van der Waals surface area contributed by atoms with Crippen LogP contribution >= 0.6 is 11.6 Å². The summed E-state index contributed by atoms with van der Waals surface area (Å²) < 4.78 is 6.85. The van der Waals surface area contributed by atoms with Crippen LogP contribution in [0.2, 0.25) is 5.02 Å². The minimum absolute atomic E-state index is 0.0476. The molecule has 0 saturated heterocycles. The molecule has 0 aliphatic carbocycles. The number of nitrogens with zero attached hydrogens (tertiary/aromatic N) is 4. The van der Waals surface area contributed by atoms with Crippen molar-refractivity contribution in [2.45, 2.75) is 6.92 Å². The summed E-state index contributed by atoms with van der Waals surface area (Å²) in [5.74, 6) is 0.351. The molecule has 128 valence electrons. The maximum absolute atomic E-state index is 12.2. The number of aromatic nitrogens is 4. The summed E-state index contributed by atoms with van der Waals surface area (Å²) in [6.07, 6.45) is 1.60. The molecule has 0 amide bonds. The molecule has 4 rings (SSSR count). The number of rotatable bonds is 3. The van der Waals surface area contributed by atoms with Crippen molar-refractivity contribution >= 4 is 11.6 Å². The Morgan fingerprint density at radius 2 is 1.81 bits per heavy atom. The molecule has 0 saturated carbocycles. The maximum Gasteiger partial charge on any atom is 0.282 e. The minimum Gasteiger partial charge on any atom is -0.332 e. The molecule has 0 fully saturated rings. The van der Waals surface area contributed by atoms with Crippen LogP contribution in [-0.4, -0.2) is 19.9 Å². The van der Waals surface area contributed by atoms with Gasteiger partial charge in [0.2, 0.25) is 11.3 Å². The monoisotopic (exact) mass is 364 g/mol. The Hall–Kier alpha value is -3.25. The van der Waals surface area contributed by atoms with Crippen molar-refractivity contribution in [1.29, 1.82) is 0 Å². The second kappa shape index (κ2) is 6.57. The highest BCUT2D eigenvalue weighted by Crippen LogP contribution is 2.26. The molecule has 0 radical (unpaired) electrons. The SMILES string of the molecule is Cc1ccc(-n2ccc(=O)c(-c3nc(-c4ccccc4Cl)no3)n2)cc1. The number of hydrogen-bond donors (Lipinski definition) is 0. The third kappa shape index (κ3) is 3.02. The lowest BCUT2D eigenvalue weighted by Crippen LogP contribution is -2.12. The highest BCUT2D eigenvalue weighted by atomic mass is 35.5. The number of hydrogen-bond acceptors (Lipinski definition) is 5. The van der Waals surface area contributed by atoms with Crippen LogP contribution in [0.15, 0.2) is 70.1 Å². The molecule has 0 bridgehead atoms. The summed E-state index contributed by atoms with van der Waals surface area (Å²) in [4.78, 5) is 16.5. The predicted octanol–water partition coefficient (Wildman–Crippen LogP) is 3.91. The van der Waals surface area contributed by atoms with E-state index in [1.807, 2.05) is 43.3 Å². The second-order valence-corrected chi connectivity index (χ2v) is 6.12. The zero-order valence-corrected chi connectivity index (χ0v) is 14.5. The quantitative estimate of drug-likeness (QED) is 0.551. The van der Waals surface area contributed by atoms with Crippen molar-refractivity contribution in [3.8, 4) is 28.7 Å². The Kier molecular flexibility index (Phi) is 4.10. The van der Waals surface area contributed by atoms with Gasteiger partial charge < -0.3 is 4.52 Å². The van der Waals surface area contributed by atoms with E-state index in [2.05, 4.69) is 15.2 Å². The van der Waals surface area contributed by atoms with Crippen molar-refractivity contribution in [1.82, 2.24) is 19.9 Å². The average Bonchev–Trinajstić information content (AvgIpc) is 3.13. The van der Waals surface area contributed by atoms with E-state index >= 15 is 0 Å². The molecule has 6 nitrogen and oxygen atoms in total. The van der Waals surface area contributed by atoms with Crippen molar-refractivity contribution in [2.75, 3.05) is 0 Å². The highest BCUT2D eigenvalue weighted by Gasteiger charge is 2.17. The van der Waals surface area contributed by atoms with Gasteiger partial charge in [0.15, 0.2) is 5.69 Å². The summed E-state index contributed by atoms with van der Waals surface area (Å²) in [6.45, 7) is 2.00. The van der Waals surface area contributed by atoms with E-state index in [1.165, 1.54) is 6.07 Å². The van der Waals surface area contributed by atoms with Gasteiger partial charge in [0.05, 0.1) is 10.7 Å². The van der Waals surface area contributed by atoms with E-state index in [-0.39, 0.29) is 17.0 Å². The molecule has 4 aromatic rings. The van der Waals surface area contributed by atoms with E-state index in [1.54, 1.807) is 23.0 Å². The smallest absolute Gasteiger partial charge is 0.282 e. The van der Waals surface area contributed by atoms with Gasteiger partial charge in [-0.25, -0.2) is 4.68 Å². The van der Waals surface area contributed by atoms with Crippen molar-refractivity contribution in [3.05, 3.63) is 81.6 Å². The predicted molar refractivity (Wildman–Crippen MR) is 98.3 cm³/mol. The van der Waals surface area contributed by atoms with Crippen LogP contribution in [0.4, 0.5) is 0 Å². The van der Waals surface area contributed by atoms with Gasteiger partial charge in [0.1, 0.15) is 0 Å². The van der Waals surface area contributed by atoms with E-state index in [0.29, 0.717) is 16.4 Å². The topological polar surface area (TPSA) is 73.8 Å². The van der Waals surface area contributed by atoms with Gasteiger partial charge >= 0.3 is 0 Å². The molecule has 0 aliphatic heterocycles. The first-order valence-electron chi connectivity index (χ1n) is 7.88. The van der Waals surface area contributed by atoms with Crippen LogP contribution in [0.5, 0.6) is 0 Å². The highest BCUT2D eigenvalue weighted by molar-refractivity contribution is 6.33. The third-order valence-corrected chi connectivity index (χ3v) is 4.18. The lowest BCUT2D eigenvalue weighted by atomic mass is 10.2. The van der Waals surface area contributed by atoms with Crippen LogP contribution in [0.25, 0.3) is 28.7 Å². The van der Waals surface area contributed by atoms with Gasteiger partial charge in [-0.05, 0) is 31.2 Å². The molecule has 2 aromatic heterocycles. The first kappa shape index (κ1) is 16.2. The van der Waals surface area contributed by atoms with Crippen LogP contribution in [-0.2, 0) is 0 Å². The normalized spacial score (nSPS) is 10.8. The molecular formula is C19H13ClN4O2. The first-order chi connectivity index (χ1) is 12.6. The molecule has 0 N–H and O–H groups in total. The van der Waals surface area contributed by atoms with Crippen LogP contribution in [0, 0.1) is 6.92 Å². The van der Waals surface area contributed by atoms with Gasteiger partial charge in [-0.2, -0.15) is 10.1 Å². The molecule has 2 aromatic carbocycles. The summed E-state index contributed by atoms with van der Waals surface area (Å²) >= 11 is 6.16. The Balaban J connectivity index is 1.77. The van der Waals surface area contributed by atoms with E-state index < -0.39 is 0 Å². The van der Waals surface area contributed by atoms with Crippen molar-refractivity contribution < 1.29 is 4.52 Å². The zero-order valence-electron chi connectivity index (χ0n) is 13.8. The fourth-order valence-corrected chi connectivity index (χ4v) is 2.69. The molecule has 0 spiro atoms. The summed E-state index contributed by atoms with van der Waals surface area (Å²) in [6, 6.07) is 16.3. The first-order valence-corrected chi connectivity index (χ1v) is 8.25. The summed E-state index contributed by atoms with van der Waals surface area (Å²) in [5.41, 5.74) is 2.36. The Labute approximate surface area is 153 Å². The second-order valence-electron chi connectivity index (χ2n) is 5.71. The molecule has 0 aliphatic rings. The number of halogens is 1. The number of aryl methyl sites for hydroxylation is 1. The lowest BCUT2D eigenvalue weighted by molar-refractivity contribution is 0.429. The summed E-state index contributed by atoms with van der Waals surface area (Å²) in [7, 11) is 0. The lowest BCUT2D eigenvalue weighted by Gasteiger charge is -2.05. The van der Waals surface area contributed by atoms with Gasteiger partial charge in [0, 0.05) is 17.8 Å². The molecule has 26 heavy (non-hydrogen) atoms. The third-order valence-electron chi connectivity index (χ3n) is 3.85. The molecular weight excluding hydrogens is 352 g/mol. The van der Waals surface area contributed by atoms with Crippen molar-refractivity contribution in [2.24, 2.45) is 0 Å². The Bertz CT molecular complexity index is 1130. The van der Waals surface area contributed by atoms with Crippen LogP contribution in [0.1, 0.15) is 5.56 Å². The molecule has 2 heterocycles. The fourth-order valence-electron chi connectivity index (χ4n) is 2.47. The molecule has 0 unspecified atom stereocenters. The largest absolute Gasteiger partial charge is 0.332 e. The zero-order chi connectivity index (χ0) is 18.1. The standard InChI is InChI=1S/C19H13ClN4O2/c1-12-6-8-13(9-7-12)24-11-10-16(25)17(22-24)19-21-18(23-26-19)14-4-2-3-5-15(14)20/h2-11H,1H3. The minimum atomic E-state index is -0.303. The van der Waals surface area contributed by atoms with Gasteiger partial charge in [0.25, 0.3) is 5.89 Å². The van der Waals surface area contributed by atoms with E-state index in [4.69, 9.17) is 16.1 Å². The summed E-state index contributed by atoms with van der Waals surface area (Å²) in [5, 5.41) is 8.76. The average molecular weight is 365 g/mol. The van der Waals surface area contributed by atoms with Crippen molar-refractivity contribution in [3.63, 3.8) is 0 Å². The van der Waals surface area contributed by atoms with Crippen LogP contribution < -0.4 is 5.43 Å². The Morgan fingerprint density at radius 3 is 2.58 bits per heavy atom. The van der Waals surface area contributed by atoms with Gasteiger partial charge in [-0.3, -0.25) is 4.79 Å². The van der Waals surface area contributed by atoms with Gasteiger partial charge in [-0.1, -0.05) is 46.6 Å². The Morgan fingerprint density at radius 1 is 1.04 bits per heavy atom. The number of benzene rings is 2. The van der Waals surface area contributed by atoms with E-state index in [0.717, 1.165) is 11.3 Å². The van der Waals surface area contributed by atoms with Gasteiger partial charge in [-0.15, -0.1) is 0 Å². The fraction of sp³-hybridized carbons (Fsp3) is 0.0526. The van der Waals surface area contributed by atoms with E-state index in [9.17, 15) is 4.79 Å². The molecule has 0 atom stereocenters. The maximum atomic E-state index is 12.2. The molecule has 7 heteroatoms. The van der Waals surface area contributed by atoms with Crippen LogP contribution in [0.3, 0.4) is 0 Å².